The number of amidine groups is 1. The van der Waals surface area contributed by atoms with Gasteiger partial charge in [0.15, 0.2) is 0 Å². The van der Waals surface area contributed by atoms with E-state index in [9.17, 15) is 4.79 Å². The molecule has 8 heteroatoms. The quantitative estimate of drug-likeness (QED) is 0.318. The maximum atomic E-state index is 14.1. The molecule has 2 aromatic carbocycles. The van der Waals surface area contributed by atoms with Gasteiger partial charge in [-0.1, -0.05) is 68.2 Å². The summed E-state index contributed by atoms with van der Waals surface area (Å²) in [7, 11) is 3.48. The molecular formula is C31H36Cl2N4O2. The second-order valence-electron chi connectivity index (χ2n) is 11.4. The number of carbonyl (C=O) groups is 1. The molecule has 39 heavy (non-hydrogen) atoms. The Morgan fingerprint density at radius 1 is 0.974 bits per heavy atom. The minimum absolute atomic E-state index is 0.184. The van der Waals surface area contributed by atoms with Crippen LogP contribution in [0.15, 0.2) is 65.8 Å². The summed E-state index contributed by atoms with van der Waals surface area (Å²) in [4.78, 5) is 27.6. The van der Waals surface area contributed by atoms with Crippen molar-refractivity contribution in [1.29, 1.82) is 0 Å². The van der Waals surface area contributed by atoms with Crippen LogP contribution < -0.4 is 4.74 Å². The van der Waals surface area contributed by atoms with Crippen LogP contribution in [0, 0.1) is 0 Å². The zero-order valence-corrected chi connectivity index (χ0v) is 25.4. The minimum atomic E-state index is -0.950. The number of rotatable bonds is 5. The Balaban J connectivity index is 2.07. The van der Waals surface area contributed by atoms with Crippen molar-refractivity contribution in [3.05, 3.63) is 93.2 Å². The van der Waals surface area contributed by atoms with Gasteiger partial charge < -0.3 is 9.64 Å². The number of amides is 2. The van der Waals surface area contributed by atoms with E-state index in [1.54, 1.807) is 30.1 Å². The average molecular weight is 568 g/mol. The Morgan fingerprint density at radius 2 is 1.51 bits per heavy atom. The number of ether oxygens (including phenoxy) is 1. The van der Waals surface area contributed by atoms with Crippen LogP contribution in [0.5, 0.6) is 5.75 Å². The fourth-order valence-corrected chi connectivity index (χ4v) is 5.31. The number of nitrogens with zero attached hydrogens (tertiary/aromatic N) is 4. The summed E-state index contributed by atoms with van der Waals surface area (Å²) >= 11 is 12.6. The Labute approximate surface area is 241 Å². The lowest BCUT2D eigenvalue weighted by Gasteiger charge is -2.46. The van der Waals surface area contributed by atoms with Gasteiger partial charge in [-0.25, -0.2) is 4.79 Å². The lowest BCUT2D eigenvalue weighted by atomic mass is 9.71. The van der Waals surface area contributed by atoms with E-state index in [1.165, 1.54) is 0 Å². The number of pyridine rings is 1. The highest BCUT2D eigenvalue weighted by Gasteiger charge is 2.60. The molecule has 0 saturated carbocycles. The van der Waals surface area contributed by atoms with Gasteiger partial charge >= 0.3 is 6.03 Å². The molecule has 2 amide bonds. The molecule has 4 rings (SSSR count). The second-order valence-corrected chi connectivity index (χ2v) is 12.2. The Hall–Kier alpha value is -3.09. The van der Waals surface area contributed by atoms with Crippen molar-refractivity contribution in [1.82, 2.24) is 14.8 Å². The van der Waals surface area contributed by atoms with E-state index in [0.717, 1.165) is 16.8 Å². The Morgan fingerprint density at radius 3 is 2.00 bits per heavy atom. The molecule has 2 unspecified atom stereocenters. The third-order valence-electron chi connectivity index (χ3n) is 7.50. The third-order valence-corrected chi connectivity index (χ3v) is 8.00. The maximum Gasteiger partial charge on any atom is 0.326 e. The van der Waals surface area contributed by atoms with E-state index >= 15 is 0 Å². The van der Waals surface area contributed by atoms with Crippen LogP contribution in [0.25, 0.3) is 0 Å². The van der Waals surface area contributed by atoms with Gasteiger partial charge in [0.05, 0.1) is 12.2 Å². The van der Waals surface area contributed by atoms with E-state index in [1.807, 2.05) is 75.4 Å². The fourth-order valence-electron chi connectivity index (χ4n) is 5.06. The van der Waals surface area contributed by atoms with Crippen LogP contribution in [-0.4, -0.2) is 47.4 Å². The van der Waals surface area contributed by atoms with Gasteiger partial charge in [0.2, 0.25) is 0 Å². The highest BCUT2D eigenvalue weighted by atomic mass is 35.5. The highest BCUT2D eigenvalue weighted by Crippen LogP contribution is 2.54. The van der Waals surface area contributed by atoms with Gasteiger partial charge in [-0.3, -0.25) is 14.9 Å². The van der Waals surface area contributed by atoms with Gasteiger partial charge in [-0.05, 0) is 56.2 Å². The standard InChI is InChI=1S/C31H36Cl2N4O2/c1-9-39-25-18-26(29(2,3)4)34-19-24(25)27-35-30(5,20-10-14-22(32)15-11-20)31(6,37(27)28(38)36(7)8)21-12-16-23(33)17-13-21/h10-19H,9H2,1-8H3. The van der Waals surface area contributed by atoms with Crippen molar-refractivity contribution < 1.29 is 9.53 Å². The molecule has 6 nitrogen and oxygen atoms in total. The van der Waals surface area contributed by atoms with Gasteiger partial charge in [0.1, 0.15) is 22.7 Å². The van der Waals surface area contributed by atoms with Crippen molar-refractivity contribution in [2.75, 3.05) is 20.7 Å². The van der Waals surface area contributed by atoms with Crippen LogP contribution in [-0.2, 0) is 16.5 Å². The van der Waals surface area contributed by atoms with Crippen LogP contribution in [0.2, 0.25) is 10.0 Å². The van der Waals surface area contributed by atoms with Gasteiger partial charge in [0, 0.05) is 47.5 Å². The zero-order valence-electron chi connectivity index (χ0n) is 23.8. The molecule has 1 aliphatic heterocycles. The van der Waals surface area contributed by atoms with E-state index in [2.05, 4.69) is 20.8 Å². The van der Waals surface area contributed by atoms with E-state index in [0.29, 0.717) is 33.8 Å². The molecular weight excluding hydrogens is 531 g/mol. The van der Waals surface area contributed by atoms with Gasteiger partial charge in [0.25, 0.3) is 0 Å². The molecule has 3 aromatic rings. The predicted octanol–water partition coefficient (Wildman–Crippen LogP) is 7.66. The predicted molar refractivity (Wildman–Crippen MR) is 159 cm³/mol. The summed E-state index contributed by atoms with van der Waals surface area (Å²) in [6, 6.07) is 17.0. The number of hydrogen-bond acceptors (Lipinski definition) is 4. The molecule has 1 aliphatic rings. The number of benzene rings is 2. The number of carbonyl (C=O) groups excluding carboxylic acids is 1. The van der Waals surface area contributed by atoms with Crippen molar-refractivity contribution in [3.8, 4) is 5.75 Å². The average Bonchev–Trinajstić information content (AvgIpc) is 3.12. The van der Waals surface area contributed by atoms with E-state index in [4.69, 9.17) is 37.9 Å². The summed E-state index contributed by atoms with van der Waals surface area (Å²) in [5.74, 6) is 1.12. The molecule has 0 spiro atoms. The maximum absolute atomic E-state index is 14.1. The topological polar surface area (TPSA) is 58.0 Å². The molecule has 1 aromatic heterocycles. The van der Waals surface area contributed by atoms with Crippen molar-refractivity contribution >= 4 is 35.1 Å². The molecule has 2 atom stereocenters. The highest BCUT2D eigenvalue weighted by molar-refractivity contribution is 6.30. The van der Waals surface area contributed by atoms with Crippen LogP contribution in [0.4, 0.5) is 4.79 Å². The summed E-state index contributed by atoms with van der Waals surface area (Å²) < 4.78 is 6.15. The van der Waals surface area contributed by atoms with Crippen molar-refractivity contribution in [3.63, 3.8) is 0 Å². The summed E-state index contributed by atoms with van der Waals surface area (Å²) in [5.41, 5.74) is 1.30. The number of halogens is 2. The molecule has 0 aliphatic carbocycles. The van der Waals surface area contributed by atoms with Crippen LogP contribution in [0.3, 0.4) is 0 Å². The number of urea groups is 1. The Kier molecular flexibility index (Phi) is 7.76. The number of aliphatic imine (C=N–C) groups is 1. The first-order valence-corrected chi connectivity index (χ1v) is 13.8. The second kappa shape index (κ2) is 10.5. The van der Waals surface area contributed by atoms with Crippen LogP contribution in [0.1, 0.15) is 63.9 Å². The first-order chi connectivity index (χ1) is 18.2. The first-order valence-electron chi connectivity index (χ1n) is 13.0. The molecule has 0 radical (unpaired) electrons. The lowest BCUT2D eigenvalue weighted by Crippen LogP contribution is -2.57. The Bertz CT molecular complexity index is 1400. The third kappa shape index (κ3) is 5.01. The van der Waals surface area contributed by atoms with Crippen LogP contribution >= 0.6 is 23.2 Å². The fraction of sp³-hybridized carbons (Fsp3) is 0.387. The SMILES string of the molecule is CCOc1cc(C(C)(C)C)ncc1C1=NC(C)(c2ccc(Cl)cc2)C(C)(c2ccc(Cl)cc2)N1C(=O)N(C)C. The largest absolute Gasteiger partial charge is 0.493 e. The summed E-state index contributed by atoms with van der Waals surface area (Å²) in [6.07, 6.45) is 1.77. The molecule has 0 bridgehead atoms. The smallest absolute Gasteiger partial charge is 0.326 e. The first kappa shape index (κ1) is 28.9. The van der Waals surface area contributed by atoms with Gasteiger partial charge in [-0.15, -0.1) is 0 Å². The van der Waals surface area contributed by atoms with E-state index < -0.39 is 11.1 Å². The van der Waals surface area contributed by atoms with Gasteiger partial charge in [-0.2, -0.15) is 0 Å². The zero-order chi connectivity index (χ0) is 28.8. The monoisotopic (exact) mass is 566 g/mol. The number of aromatic nitrogens is 1. The van der Waals surface area contributed by atoms with E-state index in [-0.39, 0.29) is 11.4 Å². The lowest BCUT2D eigenvalue weighted by molar-refractivity contribution is 0.118. The minimum Gasteiger partial charge on any atom is -0.493 e. The number of hydrogen-bond donors (Lipinski definition) is 0. The molecule has 2 heterocycles. The molecule has 206 valence electrons. The van der Waals surface area contributed by atoms with Crippen molar-refractivity contribution in [2.24, 2.45) is 4.99 Å². The normalized spacial score (nSPS) is 21.1. The molecule has 0 N–H and O–H groups in total. The summed E-state index contributed by atoms with van der Waals surface area (Å²) in [5, 5.41) is 1.24. The summed E-state index contributed by atoms with van der Waals surface area (Å²) in [6.45, 7) is 12.8. The molecule has 0 saturated heterocycles. The van der Waals surface area contributed by atoms with Crippen molar-refractivity contribution in [2.45, 2.75) is 58.0 Å². The molecule has 0 fully saturated rings.